The lowest BCUT2D eigenvalue weighted by Crippen LogP contribution is -2.16. The molecule has 1 heterocycles. The van der Waals surface area contributed by atoms with Crippen molar-refractivity contribution in [1.82, 2.24) is 9.97 Å². The van der Waals surface area contributed by atoms with Crippen LogP contribution < -0.4 is 10.9 Å². The van der Waals surface area contributed by atoms with Gasteiger partial charge in [-0.3, -0.25) is 14.4 Å². The number of carboxylic acids is 1. The number of aromatic amines is 1. The van der Waals surface area contributed by atoms with Crippen LogP contribution in [0.1, 0.15) is 22.5 Å². The average Bonchev–Trinajstić information content (AvgIpc) is 2.47. The molecule has 0 spiro atoms. The van der Waals surface area contributed by atoms with Gasteiger partial charge in [-0.1, -0.05) is 12.1 Å². The van der Waals surface area contributed by atoms with E-state index in [1.807, 2.05) is 0 Å². The zero-order chi connectivity index (χ0) is 15.2. The minimum atomic E-state index is -0.850. The van der Waals surface area contributed by atoms with E-state index in [9.17, 15) is 14.4 Å². The largest absolute Gasteiger partial charge is 0.481 e. The molecule has 0 unspecified atom stereocenters. The summed E-state index contributed by atoms with van der Waals surface area (Å²) in [6.07, 6.45) is 2.76. The maximum Gasteiger partial charge on any atom is 0.303 e. The summed E-state index contributed by atoms with van der Waals surface area (Å²) in [6.45, 7) is 0. The molecule has 0 aliphatic carbocycles. The molecule has 1 amide bonds. The van der Waals surface area contributed by atoms with Crippen molar-refractivity contribution < 1.29 is 14.7 Å². The second-order valence-electron chi connectivity index (χ2n) is 4.34. The summed E-state index contributed by atoms with van der Waals surface area (Å²) in [6, 6.07) is 6.86. The number of H-pyrrole nitrogens is 1. The Kier molecular flexibility index (Phi) is 4.45. The lowest BCUT2D eigenvalue weighted by Gasteiger charge is -2.05. The Morgan fingerprint density at radius 1 is 1.24 bits per heavy atom. The van der Waals surface area contributed by atoms with Crippen LogP contribution in [-0.4, -0.2) is 27.0 Å². The zero-order valence-electron chi connectivity index (χ0n) is 11.0. The standard InChI is InChI=1S/C14H13N3O4/c18-12-8-15-11(7-16-12)14(21)17-10-4-1-9(2-5-10)3-6-13(19)20/h1-2,4-5,7-8H,3,6H2,(H,16,18)(H,17,21)(H,19,20). The number of carbonyl (C=O) groups is 2. The molecule has 0 radical (unpaired) electrons. The summed E-state index contributed by atoms with van der Waals surface area (Å²) in [5.74, 6) is -1.29. The van der Waals surface area contributed by atoms with Gasteiger partial charge in [0.2, 0.25) is 0 Å². The molecule has 1 aromatic heterocycles. The molecule has 0 atom stereocenters. The van der Waals surface area contributed by atoms with Crippen LogP contribution >= 0.6 is 0 Å². The molecule has 108 valence electrons. The summed E-state index contributed by atoms with van der Waals surface area (Å²) < 4.78 is 0. The van der Waals surface area contributed by atoms with E-state index in [1.165, 1.54) is 6.20 Å². The third-order valence-corrected chi connectivity index (χ3v) is 2.74. The summed E-state index contributed by atoms with van der Waals surface area (Å²) in [7, 11) is 0. The highest BCUT2D eigenvalue weighted by Crippen LogP contribution is 2.12. The first-order valence-electron chi connectivity index (χ1n) is 6.21. The van der Waals surface area contributed by atoms with Gasteiger partial charge in [0.15, 0.2) is 0 Å². The van der Waals surface area contributed by atoms with E-state index in [0.29, 0.717) is 12.1 Å². The van der Waals surface area contributed by atoms with Crippen LogP contribution in [0.5, 0.6) is 0 Å². The highest BCUT2D eigenvalue weighted by molar-refractivity contribution is 6.02. The van der Waals surface area contributed by atoms with E-state index in [0.717, 1.165) is 11.8 Å². The number of hydrogen-bond donors (Lipinski definition) is 3. The van der Waals surface area contributed by atoms with Gasteiger partial charge in [0.05, 0.1) is 6.20 Å². The van der Waals surface area contributed by atoms with Crippen molar-refractivity contribution in [3.8, 4) is 0 Å². The van der Waals surface area contributed by atoms with Gasteiger partial charge < -0.3 is 15.4 Å². The molecule has 3 N–H and O–H groups in total. The number of carboxylic acid groups (broad SMARTS) is 1. The number of aliphatic carboxylic acids is 1. The molecule has 0 saturated heterocycles. The Bertz CT molecular complexity index is 686. The Labute approximate surface area is 119 Å². The SMILES string of the molecule is O=C(O)CCc1ccc(NC(=O)c2c[nH]c(=O)cn2)cc1. The van der Waals surface area contributed by atoms with Crippen LogP contribution in [0.25, 0.3) is 0 Å². The Morgan fingerprint density at radius 2 is 1.95 bits per heavy atom. The maximum atomic E-state index is 11.9. The Balaban J connectivity index is 1.99. The molecule has 21 heavy (non-hydrogen) atoms. The number of anilines is 1. The van der Waals surface area contributed by atoms with E-state index in [-0.39, 0.29) is 17.7 Å². The second kappa shape index (κ2) is 6.47. The molecule has 0 bridgehead atoms. The van der Waals surface area contributed by atoms with Crippen LogP contribution in [0.3, 0.4) is 0 Å². The van der Waals surface area contributed by atoms with Gasteiger partial charge in [0.25, 0.3) is 11.5 Å². The highest BCUT2D eigenvalue weighted by atomic mass is 16.4. The molecule has 7 heteroatoms. The molecule has 0 fully saturated rings. The fourth-order valence-electron chi connectivity index (χ4n) is 1.67. The van der Waals surface area contributed by atoms with E-state index in [4.69, 9.17) is 5.11 Å². The first kappa shape index (κ1) is 14.4. The second-order valence-corrected chi connectivity index (χ2v) is 4.34. The van der Waals surface area contributed by atoms with Crippen molar-refractivity contribution in [1.29, 1.82) is 0 Å². The molecule has 0 aliphatic heterocycles. The fourth-order valence-corrected chi connectivity index (χ4v) is 1.67. The monoisotopic (exact) mass is 287 g/mol. The topological polar surface area (TPSA) is 112 Å². The van der Waals surface area contributed by atoms with Crippen LogP contribution in [-0.2, 0) is 11.2 Å². The maximum absolute atomic E-state index is 11.9. The summed E-state index contributed by atoms with van der Waals surface area (Å²) in [5.41, 5.74) is 1.16. The minimum absolute atomic E-state index is 0.0625. The minimum Gasteiger partial charge on any atom is -0.481 e. The Hall–Kier alpha value is -2.96. The van der Waals surface area contributed by atoms with Gasteiger partial charge in [-0.25, -0.2) is 4.98 Å². The van der Waals surface area contributed by atoms with Crippen molar-refractivity contribution >= 4 is 17.6 Å². The molecule has 1 aromatic carbocycles. The number of aromatic nitrogens is 2. The number of rotatable bonds is 5. The number of carbonyl (C=O) groups excluding carboxylic acids is 1. The fraction of sp³-hybridized carbons (Fsp3) is 0.143. The summed E-state index contributed by atoms with van der Waals surface area (Å²) >= 11 is 0. The third-order valence-electron chi connectivity index (χ3n) is 2.74. The molecule has 2 aromatic rings. The molecule has 2 rings (SSSR count). The van der Waals surface area contributed by atoms with Crippen molar-refractivity contribution in [3.05, 3.63) is 58.3 Å². The predicted octanol–water partition coefficient (Wildman–Crippen LogP) is 1.04. The summed E-state index contributed by atoms with van der Waals surface area (Å²) in [4.78, 5) is 39.3. The van der Waals surface area contributed by atoms with Gasteiger partial charge in [0.1, 0.15) is 5.69 Å². The quantitative estimate of drug-likeness (QED) is 0.760. The molecule has 0 aliphatic rings. The normalized spacial score (nSPS) is 10.1. The Morgan fingerprint density at radius 3 is 2.52 bits per heavy atom. The number of nitrogens with one attached hydrogen (secondary N) is 2. The number of benzene rings is 1. The molecule has 7 nitrogen and oxygen atoms in total. The van der Waals surface area contributed by atoms with Crippen LogP contribution in [0.2, 0.25) is 0 Å². The van der Waals surface area contributed by atoms with Gasteiger partial charge in [-0.2, -0.15) is 0 Å². The first-order chi connectivity index (χ1) is 10.0. The highest BCUT2D eigenvalue weighted by Gasteiger charge is 2.07. The van der Waals surface area contributed by atoms with Crippen molar-refractivity contribution in [2.45, 2.75) is 12.8 Å². The van der Waals surface area contributed by atoms with E-state index in [2.05, 4.69) is 15.3 Å². The van der Waals surface area contributed by atoms with Crippen LogP contribution in [0.15, 0.2) is 41.5 Å². The van der Waals surface area contributed by atoms with Gasteiger partial charge in [-0.15, -0.1) is 0 Å². The van der Waals surface area contributed by atoms with Crippen molar-refractivity contribution in [3.63, 3.8) is 0 Å². The molecule has 0 saturated carbocycles. The van der Waals surface area contributed by atoms with Gasteiger partial charge in [0, 0.05) is 18.3 Å². The van der Waals surface area contributed by atoms with Crippen molar-refractivity contribution in [2.75, 3.05) is 5.32 Å². The van der Waals surface area contributed by atoms with E-state index in [1.54, 1.807) is 24.3 Å². The van der Waals surface area contributed by atoms with Gasteiger partial charge >= 0.3 is 5.97 Å². The number of hydrogen-bond acceptors (Lipinski definition) is 4. The lowest BCUT2D eigenvalue weighted by atomic mass is 10.1. The van der Waals surface area contributed by atoms with Gasteiger partial charge in [-0.05, 0) is 24.1 Å². The number of aryl methyl sites for hydroxylation is 1. The van der Waals surface area contributed by atoms with Crippen LogP contribution in [0.4, 0.5) is 5.69 Å². The summed E-state index contributed by atoms with van der Waals surface area (Å²) in [5, 5.41) is 11.2. The smallest absolute Gasteiger partial charge is 0.303 e. The van der Waals surface area contributed by atoms with Crippen molar-refractivity contribution in [2.24, 2.45) is 0 Å². The predicted molar refractivity (Wildman–Crippen MR) is 75.2 cm³/mol. The lowest BCUT2D eigenvalue weighted by molar-refractivity contribution is -0.136. The van der Waals surface area contributed by atoms with E-state index >= 15 is 0 Å². The molecular weight excluding hydrogens is 274 g/mol. The average molecular weight is 287 g/mol. The van der Waals surface area contributed by atoms with Crippen LogP contribution in [0, 0.1) is 0 Å². The number of nitrogens with zero attached hydrogens (tertiary/aromatic N) is 1. The first-order valence-corrected chi connectivity index (χ1v) is 6.21. The van der Waals surface area contributed by atoms with E-state index < -0.39 is 11.9 Å². The zero-order valence-corrected chi connectivity index (χ0v) is 11.0. The number of amides is 1. The molecular formula is C14H13N3O4. The third kappa shape index (κ3) is 4.27.